The molecule has 0 unspecified atom stereocenters. The average Bonchev–Trinajstić information content (AvgIpc) is 2.29. The van der Waals surface area contributed by atoms with Crippen molar-refractivity contribution in [1.82, 2.24) is 4.90 Å². The van der Waals surface area contributed by atoms with Crippen molar-refractivity contribution >= 4 is 11.6 Å². The Labute approximate surface area is 100 Å². The molecule has 0 bridgehead atoms. The molecule has 0 saturated carbocycles. The van der Waals surface area contributed by atoms with Gasteiger partial charge >= 0.3 is 0 Å². The van der Waals surface area contributed by atoms with Crippen molar-refractivity contribution in [3.8, 4) is 0 Å². The molecule has 0 aromatic heterocycles. The molecule has 5 heteroatoms. The number of hydrogen-bond acceptors (Lipinski definition) is 4. The maximum Gasteiger partial charge on any atom is 0.277 e. The van der Waals surface area contributed by atoms with E-state index in [1.165, 1.54) is 11.8 Å². The summed E-state index contributed by atoms with van der Waals surface area (Å²) in [5.74, 6) is -0.534. The molecule has 1 aromatic carbocycles. The number of carbonyl (C=O) groups is 1. The molecule has 0 atom stereocenters. The summed E-state index contributed by atoms with van der Waals surface area (Å²) in [5, 5.41) is 17.1. The van der Waals surface area contributed by atoms with E-state index in [0.29, 0.717) is 5.69 Å². The van der Waals surface area contributed by atoms with Gasteiger partial charge < -0.3 is 10.0 Å². The van der Waals surface area contributed by atoms with Crippen molar-refractivity contribution in [3.05, 3.63) is 41.8 Å². The minimum absolute atomic E-state index is 0.0566. The molecule has 1 aromatic rings. The largest absolute Gasteiger partial charge is 0.510 e. The number of rotatable bonds is 3. The lowest BCUT2D eigenvalue weighted by Crippen LogP contribution is -2.23. The third kappa shape index (κ3) is 3.71. The molecule has 0 aliphatic heterocycles. The first-order valence-corrected chi connectivity index (χ1v) is 5.10. The quantitative estimate of drug-likeness (QED) is 0.495. The van der Waals surface area contributed by atoms with Crippen molar-refractivity contribution in [1.29, 1.82) is 0 Å². The van der Waals surface area contributed by atoms with Crippen LogP contribution in [0.2, 0.25) is 0 Å². The molecule has 1 amide bonds. The van der Waals surface area contributed by atoms with E-state index in [2.05, 4.69) is 10.2 Å². The Morgan fingerprint density at radius 1 is 1.24 bits per heavy atom. The van der Waals surface area contributed by atoms with Gasteiger partial charge in [-0.05, 0) is 19.1 Å². The standard InChI is InChI=1S/C12H15N3O2/c1-9(16)11(12(17)15(2)3)14-13-10-7-5-4-6-8-10/h4-8,16H,1-3H3/b11-9-,14-13?. The minimum atomic E-state index is -0.385. The van der Waals surface area contributed by atoms with E-state index in [1.54, 1.807) is 26.2 Å². The molecule has 0 radical (unpaired) electrons. The van der Waals surface area contributed by atoms with Crippen LogP contribution in [-0.2, 0) is 4.79 Å². The number of hydrogen-bond donors (Lipinski definition) is 1. The smallest absolute Gasteiger partial charge is 0.277 e. The molecule has 17 heavy (non-hydrogen) atoms. The zero-order valence-electron chi connectivity index (χ0n) is 10.1. The molecule has 0 aliphatic rings. The number of aliphatic hydroxyl groups is 1. The van der Waals surface area contributed by atoms with E-state index < -0.39 is 0 Å². The van der Waals surface area contributed by atoms with Gasteiger partial charge in [-0.2, -0.15) is 5.11 Å². The van der Waals surface area contributed by atoms with Gasteiger partial charge in [-0.1, -0.05) is 18.2 Å². The highest BCUT2D eigenvalue weighted by molar-refractivity contribution is 5.92. The number of carbonyl (C=O) groups excluding carboxylic acids is 1. The Morgan fingerprint density at radius 2 is 1.82 bits per heavy atom. The summed E-state index contributed by atoms with van der Waals surface area (Å²) >= 11 is 0. The van der Waals surface area contributed by atoms with Crippen LogP contribution < -0.4 is 0 Å². The summed E-state index contributed by atoms with van der Waals surface area (Å²) in [6.07, 6.45) is 0. The van der Waals surface area contributed by atoms with Crippen LogP contribution in [0.15, 0.2) is 52.0 Å². The molecule has 1 rings (SSSR count). The van der Waals surface area contributed by atoms with Gasteiger partial charge in [0, 0.05) is 14.1 Å². The normalized spacial score (nSPS) is 12.4. The number of aliphatic hydroxyl groups excluding tert-OH is 1. The van der Waals surface area contributed by atoms with E-state index in [9.17, 15) is 9.90 Å². The highest BCUT2D eigenvalue weighted by Crippen LogP contribution is 2.14. The van der Waals surface area contributed by atoms with Gasteiger partial charge in [-0.15, -0.1) is 5.11 Å². The van der Waals surface area contributed by atoms with Crippen molar-refractivity contribution < 1.29 is 9.90 Å². The molecular formula is C12H15N3O2. The van der Waals surface area contributed by atoms with Crippen LogP contribution in [0.3, 0.4) is 0 Å². The zero-order valence-corrected chi connectivity index (χ0v) is 10.1. The van der Waals surface area contributed by atoms with Crippen LogP contribution in [-0.4, -0.2) is 30.0 Å². The summed E-state index contributed by atoms with van der Waals surface area (Å²) in [7, 11) is 3.17. The summed E-state index contributed by atoms with van der Waals surface area (Å²) in [5.41, 5.74) is 0.566. The number of allylic oxidation sites excluding steroid dienone is 1. The fraction of sp³-hybridized carbons (Fsp3) is 0.250. The van der Waals surface area contributed by atoms with Gasteiger partial charge in [0.05, 0.1) is 5.69 Å². The van der Waals surface area contributed by atoms with E-state index >= 15 is 0 Å². The summed E-state index contributed by atoms with van der Waals surface area (Å²) in [6, 6.07) is 9.01. The van der Waals surface area contributed by atoms with Crippen LogP contribution in [0.4, 0.5) is 5.69 Å². The highest BCUT2D eigenvalue weighted by Gasteiger charge is 2.14. The van der Waals surface area contributed by atoms with Gasteiger partial charge in [-0.25, -0.2) is 0 Å². The van der Waals surface area contributed by atoms with Crippen molar-refractivity contribution in [2.24, 2.45) is 10.2 Å². The topological polar surface area (TPSA) is 65.3 Å². The van der Waals surface area contributed by atoms with Crippen molar-refractivity contribution in [2.45, 2.75) is 6.92 Å². The molecule has 1 N–H and O–H groups in total. The number of azo groups is 1. The number of amides is 1. The van der Waals surface area contributed by atoms with Crippen LogP contribution in [0.25, 0.3) is 0 Å². The van der Waals surface area contributed by atoms with Crippen LogP contribution >= 0.6 is 0 Å². The fourth-order valence-corrected chi connectivity index (χ4v) is 1.08. The lowest BCUT2D eigenvalue weighted by molar-refractivity contribution is -0.125. The second-order valence-corrected chi connectivity index (χ2v) is 3.67. The summed E-state index contributed by atoms with van der Waals surface area (Å²) < 4.78 is 0. The van der Waals surface area contributed by atoms with Crippen molar-refractivity contribution in [2.75, 3.05) is 14.1 Å². The first kappa shape index (κ1) is 12.9. The Kier molecular flexibility index (Phi) is 4.39. The number of nitrogens with zero attached hydrogens (tertiary/aromatic N) is 3. The lowest BCUT2D eigenvalue weighted by atomic mass is 10.3. The van der Waals surface area contributed by atoms with E-state index in [0.717, 1.165) is 0 Å². The van der Waals surface area contributed by atoms with Crippen LogP contribution in [0.5, 0.6) is 0 Å². The lowest BCUT2D eigenvalue weighted by Gasteiger charge is -2.09. The Morgan fingerprint density at radius 3 is 2.29 bits per heavy atom. The zero-order chi connectivity index (χ0) is 12.8. The first-order valence-electron chi connectivity index (χ1n) is 5.10. The van der Waals surface area contributed by atoms with Gasteiger partial charge in [0.15, 0.2) is 5.70 Å². The van der Waals surface area contributed by atoms with Gasteiger partial charge in [0.2, 0.25) is 0 Å². The first-order chi connectivity index (χ1) is 8.02. The molecule has 0 fully saturated rings. The summed E-state index contributed by atoms with van der Waals surface area (Å²) in [6.45, 7) is 1.40. The highest BCUT2D eigenvalue weighted by atomic mass is 16.3. The third-order valence-corrected chi connectivity index (χ3v) is 1.97. The fourth-order valence-electron chi connectivity index (χ4n) is 1.08. The molecular weight excluding hydrogens is 218 g/mol. The Hall–Kier alpha value is -2.17. The maximum atomic E-state index is 11.7. The predicted molar refractivity (Wildman–Crippen MR) is 65.0 cm³/mol. The van der Waals surface area contributed by atoms with Gasteiger partial charge in [0.1, 0.15) is 5.76 Å². The Bertz CT molecular complexity index is 446. The van der Waals surface area contributed by atoms with E-state index in [-0.39, 0.29) is 17.4 Å². The van der Waals surface area contributed by atoms with E-state index in [4.69, 9.17) is 0 Å². The van der Waals surface area contributed by atoms with Crippen molar-refractivity contribution in [3.63, 3.8) is 0 Å². The van der Waals surface area contributed by atoms with Crippen LogP contribution in [0.1, 0.15) is 6.92 Å². The SMILES string of the molecule is C/C(O)=C(/N=Nc1ccccc1)C(=O)N(C)C. The monoisotopic (exact) mass is 233 g/mol. The second-order valence-electron chi connectivity index (χ2n) is 3.67. The second kappa shape index (κ2) is 5.79. The number of likely N-dealkylation sites (N-methyl/N-ethyl adjacent to an activating group) is 1. The number of benzene rings is 1. The summed E-state index contributed by atoms with van der Waals surface area (Å²) in [4.78, 5) is 13.0. The third-order valence-electron chi connectivity index (χ3n) is 1.97. The molecule has 0 heterocycles. The Balaban J connectivity index is 2.94. The molecule has 0 aliphatic carbocycles. The molecule has 0 spiro atoms. The predicted octanol–water partition coefficient (Wildman–Crippen LogP) is 2.65. The maximum absolute atomic E-state index is 11.7. The molecule has 90 valence electrons. The van der Waals surface area contributed by atoms with E-state index in [1.807, 2.05) is 18.2 Å². The average molecular weight is 233 g/mol. The van der Waals surface area contributed by atoms with Crippen LogP contribution in [0, 0.1) is 0 Å². The minimum Gasteiger partial charge on any atom is -0.510 e. The molecule has 5 nitrogen and oxygen atoms in total. The molecule has 0 saturated heterocycles. The van der Waals surface area contributed by atoms with Gasteiger partial charge in [-0.3, -0.25) is 4.79 Å². The van der Waals surface area contributed by atoms with Gasteiger partial charge in [0.25, 0.3) is 5.91 Å².